The van der Waals surface area contributed by atoms with E-state index in [0.29, 0.717) is 13.1 Å². The maximum absolute atomic E-state index is 12.8. The minimum atomic E-state index is 0.0768. The van der Waals surface area contributed by atoms with Crippen molar-refractivity contribution >= 4 is 17.4 Å². The quantitative estimate of drug-likeness (QED) is 0.684. The Kier molecular flexibility index (Phi) is 5.37. The zero-order valence-electron chi connectivity index (χ0n) is 16.7. The third-order valence-corrected chi connectivity index (χ3v) is 5.13. The van der Waals surface area contributed by atoms with Gasteiger partial charge in [0, 0.05) is 69.5 Å². The van der Waals surface area contributed by atoms with Crippen molar-refractivity contribution < 1.29 is 4.79 Å². The SMILES string of the molecule is CN(C)c1ccc(C(=O)N2CCN(c3ccc(-c4cccnc4)nn3)CC2)cc1. The molecule has 1 aromatic carbocycles. The molecular formula is C22H24N6O. The van der Waals surface area contributed by atoms with Crippen LogP contribution in [0.25, 0.3) is 11.3 Å². The number of carbonyl (C=O) groups excluding carboxylic acids is 1. The lowest BCUT2D eigenvalue weighted by atomic mass is 10.1. The molecule has 0 atom stereocenters. The summed E-state index contributed by atoms with van der Waals surface area (Å²) in [6.45, 7) is 2.81. The van der Waals surface area contributed by atoms with E-state index < -0.39 is 0 Å². The van der Waals surface area contributed by atoms with Gasteiger partial charge >= 0.3 is 0 Å². The summed E-state index contributed by atoms with van der Waals surface area (Å²) in [6, 6.07) is 15.5. The maximum Gasteiger partial charge on any atom is 0.253 e. The highest BCUT2D eigenvalue weighted by molar-refractivity contribution is 5.94. The van der Waals surface area contributed by atoms with Crippen LogP contribution in [0.3, 0.4) is 0 Å². The number of hydrogen-bond donors (Lipinski definition) is 0. The number of carbonyl (C=O) groups is 1. The minimum Gasteiger partial charge on any atom is -0.378 e. The first kappa shape index (κ1) is 18.9. The summed E-state index contributed by atoms with van der Waals surface area (Å²) in [5.41, 5.74) is 3.56. The fraction of sp³-hybridized carbons (Fsp3) is 0.273. The molecule has 1 saturated heterocycles. The van der Waals surface area contributed by atoms with Gasteiger partial charge in [0.05, 0.1) is 5.69 Å². The van der Waals surface area contributed by atoms with Crippen molar-refractivity contribution in [3.05, 3.63) is 66.5 Å². The van der Waals surface area contributed by atoms with Gasteiger partial charge in [0.15, 0.2) is 5.82 Å². The van der Waals surface area contributed by atoms with E-state index in [9.17, 15) is 4.79 Å². The zero-order chi connectivity index (χ0) is 20.2. The largest absolute Gasteiger partial charge is 0.378 e. The molecule has 1 fully saturated rings. The van der Waals surface area contributed by atoms with Gasteiger partial charge in [-0.2, -0.15) is 0 Å². The van der Waals surface area contributed by atoms with E-state index in [0.717, 1.165) is 41.4 Å². The van der Waals surface area contributed by atoms with Gasteiger partial charge in [0.1, 0.15) is 0 Å². The normalized spacial score (nSPS) is 14.0. The van der Waals surface area contributed by atoms with Crippen LogP contribution >= 0.6 is 0 Å². The molecular weight excluding hydrogens is 364 g/mol. The average molecular weight is 388 g/mol. The first-order valence-corrected chi connectivity index (χ1v) is 9.67. The maximum atomic E-state index is 12.8. The van der Waals surface area contributed by atoms with Crippen molar-refractivity contribution in [3.8, 4) is 11.3 Å². The number of anilines is 2. The molecule has 1 aliphatic heterocycles. The monoisotopic (exact) mass is 388 g/mol. The molecule has 0 saturated carbocycles. The highest BCUT2D eigenvalue weighted by Crippen LogP contribution is 2.19. The molecule has 2 aromatic heterocycles. The second-order valence-electron chi connectivity index (χ2n) is 7.24. The van der Waals surface area contributed by atoms with E-state index >= 15 is 0 Å². The Morgan fingerprint density at radius 1 is 0.931 bits per heavy atom. The molecule has 7 heteroatoms. The molecule has 7 nitrogen and oxygen atoms in total. The van der Waals surface area contributed by atoms with Crippen LogP contribution in [0.1, 0.15) is 10.4 Å². The second-order valence-corrected chi connectivity index (χ2v) is 7.24. The molecule has 29 heavy (non-hydrogen) atoms. The summed E-state index contributed by atoms with van der Waals surface area (Å²) < 4.78 is 0. The summed E-state index contributed by atoms with van der Waals surface area (Å²) >= 11 is 0. The molecule has 0 unspecified atom stereocenters. The molecule has 3 aromatic rings. The van der Waals surface area contributed by atoms with Crippen LogP contribution < -0.4 is 9.80 Å². The predicted octanol–water partition coefficient (Wildman–Crippen LogP) is 2.57. The van der Waals surface area contributed by atoms with Crippen LogP contribution in [0.2, 0.25) is 0 Å². The Morgan fingerprint density at radius 3 is 2.28 bits per heavy atom. The summed E-state index contributed by atoms with van der Waals surface area (Å²) in [5.74, 6) is 0.910. The fourth-order valence-electron chi connectivity index (χ4n) is 3.39. The number of pyridine rings is 1. The van der Waals surface area contributed by atoms with Gasteiger partial charge in [0.25, 0.3) is 5.91 Å². The summed E-state index contributed by atoms with van der Waals surface area (Å²) in [7, 11) is 3.98. The van der Waals surface area contributed by atoms with Crippen LogP contribution in [0.5, 0.6) is 0 Å². The Balaban J connectivity index is 1.37. The standard InChI is InChI=1S/C22H24N6O/c1-26(2)19-7-5-17(6-8-19)22(29)28-14-12-27(13-15-28)21-10-9-20(24-25-21)18-4-3-11-23-16-18/h3-11,16H,12-15H2,1-2H3. The number of hydrogen-bond acceptors (Lipinski definition) is 6. The predicted molar refractivity (Wildman–Crippen MR) is 114 cm³/mol. The van der Waals surface area contributed by atoms with Crippen molar-refractivity contribution in [3.63, 3.8) is 0 Å². The van der Waals surface area contributed by atoms with Crippen molar-refractivity contribution in [2.45, 2.75) is 0 Å². The molecule has 1 amide bonds. The van der Waals surface area contributed by atoms with Crippen LogP contribution in [0.15, 0.2) is 60.9 Å². The van der Waals surface area contributed by atoms with E-state index in [1.54, 1.807) is 12.4 Å². The highest BCUT2D eigenvalue weighted by atomic mass is 16.2. The topological polar surface area (TPSA) is 65.5 Å². The van der Waals surface area contributed by atoms with Crippen molar-refractivity contribution in [2.75, 3.05) is 50.1 Å². The molecule has 3 heterocycles. The molecule has 1 aliphatic rings. The number of piperazine rings is 1. The van der Waals surface area contributed by atoms with Crippen LogP contribution in [-0.2, 0) is 0 Å². The van der Waals surface area contributed by atoms with Gasteiger partial charge in [-0.15, -0.1) is 10.2 Å². The van der Waals surface area contributed by atoms with Crippen molar-refractivity contribution in [1.82, 2.24) is 20.1 Å². The summed E-state index contributed by atoms with van der Waals surface area (Å²) in [4.78, 5) is 23.0. The van der Waals surface area contributed by atoms with Crippen LogP contribution in [0, 0.1) is 0 Å². The molecule has 0 aliphatic carbocycles. The summed E-state index contributed by atoms with van der Waals surface area (Å²) in [5, 5.41) is 8.71. The average Bonchev–Trinajstić information content (AvgIpc) is 2.79. The first-order valence-electron chi connectivity index (χ1n) is 9.67. The lowest BCUT2D eigenvalue weighted by Gasteiger charge is -2.35. The van der Waals surface area contributed by atoms with Gasteiger partial charge in [-0.1, -0.05) is 0 Å². The molecule has 0 spiro atoms. The Morgan fingerprint density at radius 2 is 1.69 bits per heavy atom. The minimum absolute atomic E-state index is 0.0768. The molecule has 0 bridgehead atoms. The molecule has 0 N–H and O–H groups in total. The van der Waals surface area contributed by atoms with E-state index in [1.807, 2.05) is 72.4 Å². The van der Waals surface area contributed by atoms with Crippen molar-refractivity contribution in [2.24, 2.45) is 0 Å². The Labute approximate surface area is 170 Å². The van der Waals surface area contributed by atoms with E-state index in [2.05, 4.69) is 20.1 Å². The third kappa shape index (κ3) is 4.18. The number of amides is 1. The van der Waals surface area contributed by atoms with Gasteiger partial charge in [-0.05, 0) is 48.5 Å². The zero-order valence-corrected chi connectivity index (χ0v) is 16.7. The molecule has 148 valence electrons. The third-order valence-electron chi connectivity index (χ3n) is 5.13. The molecule has 4 rings (SSSR count). The highest BCUT2D eigenvalue weighted by Gasteiger charge is 2.23. The van der Waals surface area contributed by atoms with Crippen LogP contribution in [-0.4, -0.2) is 66.3 Å². The van der Waals surface area contributed by atoms with Gasteiger partial charge in [0.2, 0.25) is 0 Å². The van der Waals surface area contributed by atoms with Crippen molar-refractivity contribution in [1.29, 1.82) is 0 Å². The van der Waals surface area contributed by atoms with Gasteiger partial charge in [-0.25, -0.2) is 0 Å². The van der Waals surface area contributed by atoms with Gasteiger partial charge in [-0.3, -0.25) is 9.78 Å². The number of aromatic nitrogens is 3. The lowest BCUT2D eigenvalue weighted by Crippen LogP contribution is -2.49. The van der Waals surface area contributed by atoms with E-state index in [4.69, 9.17) is 0 Å². The number of nitrogens with zero attached hydrogens (tertiary/aromatic N) is 6. The van der Waals surface area contributed by atoms with Crippen LogP contribution in [0.4, 0.5) is 11.5 Å². The number of benzene rings is 1. The Hall–Kier alpha value is -3.48. The second kappa shape index (κ2) is 8.26. The lowest BCUT2D eigenvalue weighted by molar-refractivity contribution is 0.0746. The Bertz CT molecular complexity index is 949. The van der Waals surface area contributed by atoms with E-state index in [-0.39, 0.29) is 5.91 Å². The molecule has 0 radical (unpaired) electrons. The summed E-state index contributed by atoms with van der Waals surface area (Å²) in [6.07, 6.45) is 3.52. The van der Waals surface area contributed by atoms with E-state index in [1.165, 1.54) is 0 Å². The first-order chi connectivity index (χ1) is 14.1. The fourth-order valence-corrected chi connectivity index (χ4v) is 3.39. The smallest absolute Gasteiger partial charge is 0.253 e. The van der Waals surface area contributed by atoms with Gasteiger partial charge < -0.3 is 14.7 Å². The number of rotatable bonds is 4.